The second-order valence-corrected chi connectivity index (χ2v) is 14.6. The van der Waals surface area contributed by atoms with Crippen LogP contribution in [0.15, 0.2) is 40.1 Å². The van der Waals surface area contributed by atoms with Crippen molar-refractivity contribution in [3.63, 3.8) is 0 Å². The number of aliphatic hydroxyl groups excluding tert-OH is 1. The Kier molecular flexibility index (Phi) is 10.5. The van der Waals surface area contributed by atoms with Crippen LogP contribution in [0.5, 0.6) is 0 Å². The Morgan fingerprint density at radius 3 is 2.44 bits per heavy atom. The van der Waals surface area contributed by atoms with E-state index in [1.165, 1.54) is 29.3 Å². The van der Waals surface area contributed by atoms with Gasteiger partial charge in [0.1, 0.15) is 35.5 Å². The molecule has 12 nitrogen and oxygen atoms in total. The summed E-state index contributed by atoms with van der Waals surface area (Å²) in [5.74, 6) is 1.48. The zero-order chi connectivity index (χ0) is 31.7. The van der Waals surface area contributed by atoms with Crippen molar-refractivity contribution < 1.29 is 24.1 Å². The molecule has 15 heteroatoms. The molecule has 0 radical (unpaired) electrons. The number of carbonyl (C=O) groups is 1. The first kappa shape index (κ1) is 32.9. The number of carbonyl (C=O) groups excluding carboxylic acids is 1. The minimum absolute atomic E-state index is 0.0641. The number of aromatic nitrogens is 6. The Morgan fingerprint density at radius 1 is 1.20 bits per heavy atom. The number of nitrogens with zero attached hydrogens (tertiary/aromatic N) is 7. The lowest BCUT2D eigenvalue weighted by Gasteiger charge is -2.46. The number of pyridine rings is 1. The van der Waals surface area contributed by atoms with E-state index in [2.05, 4.69) is 36.3 Å². The molecular formula is C30H39BrClN7O5S. The van der Waals surface area contributed by atoms with Gasteiger partial charge in [-0.25, -0.2) is 14.3 Å². The molecule has 2 saturated carbocycles. The fraction of sp³-hybridized carbons (Fsp3) is 0.633. The molecule has 2 aliphatic carbocycles. The van der Waals surface area contributed by atoms with Crippen LogP contribution in [0.25, 0.3) is 5.82 Å². The van der Waals surface area contributed by atoms with Gasteiger partial charge in [-0.05, 0) is 72.5 Å². The minimum Gasteiger partial charge on any atom is -0.391 e. The number of ether oxygens (including phenoxy) is 3. The topological polar surface area (TPSA) is 130 Å². The Balaban J connectivity index is 1.31. The number of hydrogen-bond acceptors (Lipinski definition) is 10. The molecule has 3 aromatic heterocycles. The monoisotopic (exact) mass is 723 g/mol. The second kappa shape index (κ2) is 14.4. The molecule has 4 heterocycles. The number of thioether (sulfide) groups is 1. The highest BCUT2D eigenvalue weighted by Gasteiger charge is 2.50. The van der Waals surface area contributed by atoms with Gasteiger partial charge in [-0.15, -0.1) is 5.10 Å². The Hall–Kier alpha value is -2.07. The molecule has 244 valence electrons. The average Bonchev–Trinajstić information content (AvgIpc) is 3.63. The molecule has 6 atom stereocenters. The molecule has 6 rings (SSSR count). The lowest BCUT2D eigenvalue weighted by molar-refractivity contribution is -0.208. The molecule has 0 bridgehead atoms. The van der Waals surface area contributed by atoms with Crippen LogP contribution in [0.2, 0.25) is 5.15 Å². The molecule has 45 heavy (non-hydrogen) atoms. The van der Waals surface area contributed by atoms with Crippen molar-refractivity contribution in [2.75, 3.05) is 27.3 Å². The van der Waals surface area contributed by atoms with Crippen molar-refractivity contribution in [3.05, 3.63) is 46.0 Å². The molecule has 3 aromatic rings. The van der Waals surface area contributed by atoms with E-state index in [1.54, 1.807) is 50.5 Å². The van der Waals surface area contributed by atoms with Gasteiger partial charge in [0.15, 0.2) is 11.0 Å². The largest absolute Gasteiger partial charge is 0.391 e. The van der Waals surface area contributed by atoms with Crippen LogP contribution >= 0.6 is 39.3 Å². The zero-order valence-corrected chi connectivity index (χ0v) is 28.7. The number of aliphatic hydroxyl groups is 1. The predicted octanol–water partition coefficient (Wildman–Crippen LogP) is 4.79. The molecule has 0 spiro atoms. The molecule has 3 fully saturated rings. The summed E-state index contributed by atoms with van der Waals surface area (Å²) in [6.07, 6.45) is 9.32. The Morgan fingerprint density at radius 2 is 1.89 bits per heavy atom. The lowest BCUT2D eigenvalue weighted by Crippen LogP contribution is -2.58. The van der Waals surface area contributed by atoms with E-state index in [1.807, 2.05) is 11.0 Å². The minimum atomic E-state index is -0.881. The number of amides is 1. The van der Waals surface area contributed by atoms with E-state index in [0.717, 1.165) is 43.2 Å². The zero-order valence-electron chi connectivity index (χ0n) is 25.5. The maximum atomic E-state index is 14.2. The fourth-order valence-corrected chi connectivity index (χ4v) is 8.18. The van der Waals surface area contributed by atoms with E-state index in [0.29, 0.717) is 33.4 Å². The highest BCUT2D eigenvalue weighted by molar-refractivity contribution is 9.10. The summed E-state index contributed by atoms with van der Waals surface area (Å²) in [5, 5.41) is 24.1. The van der Waals surface area contributed by atoms with Crippen LogP contribution in [0.1, 0.15) is 62.0 Å². The molecule has 1 amide bonds. The third-order valence-corrected chi connectivity index (χ3v) is 10.9. The maximum Gasteiger partial charge on any atom is 0.273 e. The Bertz CT molecular complexity index is 1450. The van der Waals surface area contributed by atoms with Crippen LogP contribution in [0, 0.1) is 11.8 Å². The predicted molar refractivity (Wildman–Crippen MR) is 172 cm³/mol. The summed E-state index contributed by atoms with van der Waals surface area (Å²) < 4.78 is 22.4. The van der Waals surface area contributed by atoms with Gasteiger partial charge in [0.05, 0.1) is 12.3 Å². The smallest absolute Gasteiger partial charge is 0.273 e. The third kappa shape index (κ3) is 7.12. The van der Waals surface area contributed by atoms with E-state index in [4.69, 9.17) is 25.8 Å². The summed E-state index contributed by atoms with van der Waals surface area (Å²) in [5.41, 5.74) is -0.273. The Labute approximate surface area is 280 Å². The van der Waals surface area contributed by atoms with Crippen molar-refractivity contribution in [2.45, 2.75) is 86.2 Å². The lowest BCUT2D eigenvalue weighted by atomic mass is 9.82. The number of rotatable bonds is 12. The van der Waals surface area contributed by atoms with Crippen molar-refractivity contribution in [1.29, 1.82) is 0 Å². The van der Waals surface area contributed by atoms with Gasteiger partial charge in [-0.3, -0.25) is 4.79 Å². The van der Waals surface area contributed by atoms with Crippen molar-refractivity contribution >= 4 is 45.2 Å². The number of hydrogen-bond donors (Lipinski definition) is 1. The number of methoxy groups -OCH3 is 2. The third-order valence-electron chi connectivity index (χ3n) is 9.13. The van der Waals surface area contributed by atoms with Gasteiger partial charge < -0.3 is 24.2 Å². The summed E-state index contributed by atoms with van der Waals surface area (Å²) in [6, 6.07) is 3.01. The fourth-order valence-electron chi connectivity index (χ4n) is 6.27. The van der Waals surface area contributed by atoms with Gasteiger partial charge in [0.2, 0.25) is 0 Å². The SMILES string of the molecule is COC1C(n2cc(-n3ccc(Cl)n3)nn2)[C@@H](OC)C(C(C)O)O[C@@H]1Sc1cc(Br)cnc1C(=O)N(CC1CCC1)CC1CCC1. The van der Waals surface area contributed by atoms with Crippen LogP contribution < -0.4 is 0 Å². The quantitative estimate of drug-likeness (QED) is 0.279. The van der Waals surface area contributed by atoms with Gasteiger partial charge in [-0.2, -0.15) is 5.10 Å². The van der Waals surface area contributed by atoms with Gasteiger partial charge in [0, 0.05) is 49.1 Å². The first-order valence-corrected chi connectivity index (χ1v) is 17.4. The molecular weight excluding hydrogens is 686 g/mol. The van der Waals surface area contributed by atoms with Crippen LogP contribution in [0.3, 0.4) is 0 Å². The standard InChI is InChI=1S/C30H39BrClN7O5S/c1-17(40)26-27(42-2)25(39-16-23(34-36-39)38-11-10-22(32)35-38)28(43-3)30(44-26)45-21-12-20(31)13-33-24(21)29(41)37(14-18-6-4-7-18)15-19-8-5-9-19/h10-13,16-19,25-28,30,40H,4-9,14-15H2,1-3H3/t17?,25?,26?,27-,28?,30-/m1/s1. The van der Waals surface area contributed by atoms with Gasteiger partial charge in [-0.1, -0.05) is 41.4 Å². The van der Waals surface area contributed by atoms with E-state index in [-0.39, 0.29) is 5.91 Å². The van der Waals surface area contributed by atoms with E-state index in [9.17, 15) is 9.90 Å². The average molecular weight is 725 g/mol. The van der Waals surface area contributed by atoms with Crippen LogP contribution in [0.4, 0.5) is 0 Å². The molecule has 4 unspecified atom stereocenters. The van der Waals surface area contributed by atoms with Gasteiger partial charge in [0.25, 0.3) is 5.91 Å². The van der Waals surface area contributed by atoms with E-state index >= 15 is 0 Å². The summed E-state index contributed by atoms with van der Waals surface area (Å²) in [4.78, 5) is 21.5. The van der Waals surface area contributed by atoms with E-state index < -0.39 is 35.9 Å². The second-order valence-electron chi connectivity index (χ2n) is 12.2. The van der Waals surface area contributed by atoms with Crippen LogP contribution in [-0.4, -0.2) is 103 Å². The van der Waals surface area contributed by atoms with Gasteiger partial charge >= 0.3 is 0 Å². The highest BCUT2D eigenvalue weighted by Crippen LogP contribution is 2.43. The molecule has 1 N–H and O–H groups in total. The molecule has 0 aromatic carbocycles. The van der Waals surface area contributed by atoms with Crippen molar-refractivity contribution in [3.8, 4) is 5.82 Å². The first-order chi connectivity index (χ1) is 21.7. The summed E-state index contributed by atoms with van der Waals surface area (Å²) >= 11 is 10.9. The van der Waals surface area contributed by atoms with Crippen LogP contribution in [-0.2, 0) is 14.2 Å². The van der Waals surface area contributed by atoms with Crippen molar-refractivity contribution in [1.82, 2.24) is 34.7 Å². The maximum absolute atomic E-state index is 14.2. The van der Waals surface area contributed by atoms with Crippen molar-refractivity contribution in [2.24, 2.45) is 11.8 Å². The first-order valence-electron chi connectivity index (χ1n) is 15.4. The highest BCUT2D eigenvalue weighted by atomic mass is 79.9. The number of halogens is 2. The molecule has 1 saturated heterocycles. The molecule has 1 aliphatic heterocycles. The summed E-state index contributed by atoms with van der Waals surface area (Å²) in [7, 11) is 3.16. The normalized spacial score (nSPS) is 26.3. The molecule has 3 aliphatic rings. The summed E-state index contributed by atoms with van der Waals surface area (Å²) in [6.45, 7) is 3.18.